The van der Waals surface area contributed by atoms with Crippen LogP contribution in [0.1, 0.15) is 218 Å². The molecule has 85 heavy (non-hydrogen) atoms. The standard InChI is InChI=1S/C17H36.C16H32.2C13H10S.12F2/c1-5-7-9-11-12-14-16-17(3,4)15-13-10-8-6-2;1-4-6-8-10-11-13-15-16(3)14-12-9-7-5-2;2*1-3-7-12-10(5-1)9-11-6-2-4-8-13(11)14-12;12*1-2/h5-16H2,1-4H3;3-15H2,1-2H3;2*1-8H,9H2;;;;;;;;;;;;. The lowest BCUT2D eigenvalue weighted by Crippen LogP contribution is -2.10. The van der Waals surface area contributed by atoms with Gasteiger partial charge in [-0.3, -0.25) is 0 Å². The van der Waals surface area contributed by atoms with E-state index in [9.17, 15) is 0 Å². The molecule has 4 aromatic carbocycles. The normalized spacial score (nSPS) is 9.58. The lowest BCUT2D eigenvalue weighted by atomic mass is 9.82. The number of fused-ring (bicyclic) bond motifs is 4. The van der Waals surface area contributed by atoms with Crippen LogP contribution >= 0.6 is 23.5 Å². The van der Waals surface area contributed by atoms with E-state index < -0.39 is 0 Å². The van der Waals surface area contributed by atoms with Gasteiger partial charge < -0.3 is 0 Å². The fraction of sp³-hybridized carbons (Fsp3) is 0.559. The Hall–Kier alpha value is -4.36. The number of benzene rings is 4. The van der Waals surface area contributed by atoms with Crippen LogP contribution in [0.15, 0.2) is 129 Å². The third kappa shape index (κ3) is 65.5. The van der Waals surface area contributed by atoms with Crippen LogP contribution < -0.4 is 0 Å². The Bertz CT molecular complexity index is 1520. The van der Waals surface area contributed by atoms with Crippen LogP contribution in [0.4, 0.5) is 110 Å². The van der Waals surface area contributed by atoms with Crippen molar-refractivity contribution in [2.75, 3.05) is 0 Å². The molecule has 504 valence electrons. The molecule has 2 heterocycles. The summed E-state index contributed by atoms with van der Waals surface area (Å²) in [5.41, 5.74) is 7.91. The first-order valence-electron chi connectivity index (χ1n) is 26.9. The molecule has 26 heteroatoms. The molecule has 0 bridgehead atoms. The number of halogens is 24. The lowest BCUT2D eigenvalue weighted by molar-refractivity contribution is 0.108. The van der Waals surface area contributed by atoms with Crippen LogP contribution in [0.2, 0.25) is 0 Å². The van der Waals surface area contributed by atoms with Crippen molar-refractivity contribution in [2.24, 2.45) is 5.41 Å². The van der Waals surface area contributed by atoms with Crippen molar-refractivity contribution in [1.29, 1.82) is 0 Å². The van der Waals surface area contributed by atoms with Crippen LogP contribution in [-0.2, 0) is 12.8 Å². The summed E-state index contributed by atoms with van der Waals surface area (Å²) in [6.45, 7) is 18.2. The molecule has 0 amide bonds. The summed E-state index contributed by atoms with van der Waals surface area (Å²) in [5.74, 6) is 0. The first-order chi connectivity index (χ1) is 41.8. The van der Waals surface area contributed by atoms with Crippen LogP contribution in [0, 0.1) is 5.41 Å². The van der Waals surface area contributed by atoms with Gasteiger partial charge >= 0.3 is 0 Å². The number of allylic oxidation sites excluding steroid dienone is 1. The molecular weight excluding hydrogens is 1230 g/mol. The first-order valence-corrected chi connectivity index (χ1v) is 28.5. The molecule has 2 aliphatic rings. The second kappa shape index (κ2) is 93.3. The summed E-state index contributed by atoms with van der Waals surface area (Å²) in [6, 6.07) is 34.6. The van der Waals surface area contributed by atoms with E-state index in [-0.39, 0.29) is 0 Å². The molecule has 0 atom stereocenters. The van der Waals surface area contributed by atoms with E-state index in [1.54, 1.807) is 0 Å². The molecule has 0 saturated heterocycles. The highest BCUT2D eigenvalue weighted by atomic mass is 32.2. The molecule has 0 spiro atoms. The molecule has 0 radical (unpaired) electrons. The van der Waals surface area contributed by atoms with Gasteiger partial charge in [-0.05, 0) is 103 Å². The number of hydrogen-bond donors (Lipinski definition) is 0. The maximum Gasteiger partial charge on any atom is 0.0157 e. The Morgan fingerprint density at radius 1 is 0.306 bits per heavy atom. The van der Waals surface area contributed by atoms with Crippen molar-refractivity contribution in [3.8, 4) is 0 Å². The molecule has 4 aromatic rings. The third-order valence-electron chi connectivity index (χ3n) is 12.3. The molecule has 0 unspecified atom stereocenters. The Morgan fingerprint density at radius 2 is 0.494 bits per heavy atom. The summed E-state index contributed by atoms with van der Waals surface area (Å²) in [6.07, 6.45) is 35.8. The van der Waals surface area contributed by atoms with Crippen LogP contribution in [0.5, 0.6) is 0 Å². The lowest BCUT2D eigenvalue weighted by Gasteiger charge is -2.24. The summed E-state index contributed by atoms with van der Waals surface area (Å²) >= 11 is 3.76. The molecule has 0 aliphatic carbocycles. The fourth-order valence-electron chi connectivity index (χ4n) is 8.27. The van der Waals surface area contributed by atoms with Gasteiger partial charge in [-0.25, -0.2) is 0 Å². The van der Waals surface area contributed by atoms with E-state index in [0.29, 0.717) is 5.41 Å². The van der Waals surface area contributed by atoms with E-state index in [0.717, 1.165) is 12.8 Å². The van der Waals surface area contributed by atoms with Crippen molar-refractivity contribution < 1.29 is 110 Å². The zero-order valence-electron chi connectivity index (χ0n) is 49.2. The molecule has 0 fully saturated rings. The average Bonchev–Trinajstić information content (AvgIpc) is 3.60. The van der Waals surface area contributed by atoms with Crippen molar-refractivity contribution in [3.63, 3.8) is 0 Å². The first kappa shape index (κ1) is 102. The largest absolute Gasteiger partial charge is 0.0999 e. The second-order valence-corrected chi connectivity index (χ2v) is 20.7. The highest BCUT2D eigenvalue weighted by molar-refractivity contribution is 7.99. The zero-order valence-corrected chi connectivity index (χ0v) is 50.9. The van der Waals surface area contributed by atoms with Gasteiger partial charge in [0.25, 0.3) is 0 Å². The average molecular weight is 1320 g/mol. The Balaban J connectivity index is -0.0000000982. The third-order valence-corrected chi connectivity index (χ3v) is 14.7. The van der Waals surface area contributed by atoms with E-state index in [1.165, 1.54) is 202 Å². The van der Waals surface area contributed by atoms with Gasteiger partial charge in [-0.15, -0.1) is 0 Å². The molecule has 2 aliphatic heterocycles. The van der Waals surface area contributed by atoms with Gasteiger partial charge in [0.05, 0.1) is 0 Å². The van der Waals surface area contributed by atoms with Gasteiger partial charge in [0.2, 0.25) is 0 Å². The minimum Gasteiger partial charge on any atom is -0.0999 e. The van der Waals surface area contributed by atoms with Gasteiger partial charge in [0.1, 0.15) is 0 Å². The van der Waals surface area contributed by atoms with E-state index in [2.05, 4.69) is 145 Å². The Labute approximate surface area is 496 Å². The minimum atomic E-state index is 0.596. The van der Waals surface area contributed by atoms with Gasteiger partial charge in [-0.1, -0.05) is 266 Å². The summed E-state index contributed by atoms with van der Waals surface area (Å²) in [4.78, 5) is 5.63. The Morgan fingerprint density at radius 3 is 0.741 bits per heavy atom. The molecule has 0 aromatic heterocycles. The fourth-order valence-corrected chi connectivity index (χ4v) is 10.4. The molecular formula is C59H88F24S2. The SMILES string of the molecule is C=C(CCCCCC)CCCCCCCC.CCCCCCCCC(C)(C)CCCCCC.FF.FF.FF.FF.FF.FF.FF.FF.FF.FF.FF.FF.c1ccc2c(c1)Cc1ccccc1S2.c1ccc2c(c1)Cc1ccccc1S2. The monoisotopic (exact) mass is 1320 g/mol. The highest BCUT2D eigenvalue weighted by Gasteiger charge is 2.17. The predicted octanol–water partition coefficient (Wildman–Crippen LogP) is 30.6. The predicted molar refractivity (Wildman–Crippen MR) is 303 cm³/mol. The maximum absolute atomic E-state index is 8.00. The van der Waals surface area contributed by atoms with Crippen LogP contribution in [-0.4, -0.2) is 0 Å². The van der Waals surface area contributed by atoms with E-state index in [4.69, 9.17) is 110 Å². The summed E-state index contributed by atoms with van der Waals surface area (Å²) in [5, 5.41) is 0. The van der Waals surface area contributed by atoms with Crippen molar-refractivity contribution in [1.82, 2.24) is 0 Å². The smallest absolute Gasteiger partial charge is 0.0157 e. The van der Waals surface area contributed by atoms with Crippen LogP contribution in [0.25, 0.3) is 0 Å². The van der Waals surface area contributed by atoms with Crippen molar-refractivity contribution in [3.05, 3.63) is 131 Å². The maximum atomic E-state index is 8.00. The molecule has 0 nitrogen and oxygen atoms in total. The van der Waals surface area contributed by atoms with Gasteiger partial charge in [0.15, 0.2) is 0 Å². The zero-order chi connectivity index (χ0) is 67.8. The highest BCUT2D eigenvalue weighted by Crippen LogP contribution is 2.40. The van der Waals surface area contributed by atoms with Gasteiger partial charge in [-0.2, -0.15) is 0 Å². The van der Waals surface area contributed by atoms with E-state index in [1.807, 2.05) is 23.5 Å². The Kier molecular flexibility index (Phi) is 113. The summed E-state index contributed by atoms with van der Waals surface area (Å²) in [7, 11) is 0. The minimum absolute atomic E-state index is 0.596. The van der Waals surface area contributed by atoms with Crippen molar-refractivity contribution in [2.45, 2.75) is 228 Å². The number of rotatable bonds is 24. The van der Waals surface area contributed by atoms with Crippen LogP contribution in [0.3, 0.4) is 0 Å². The second-order valence-electron chi connectivity index (χ2n) is 18.6. The molecule has 0 saturated carbocycles. The molecule has 0 N–H and O–H groups in total. The quantitative estimate of drug-likeness (QED) is 0.0337. The van der Waals surface area contributed by atoms with E-state index >= 15 is 0 Å². The number of unbranched alkanes of at least 4 members (excludes halogenated alkanes) is 16. The van der Waals surface area contributed by atoms with Gasteiger partial charge in [0, 0.05) is 129 Å². The topological polar surface area (TPSA) is 0 Å². The summed E-state index contributed by atoms with van der Waals surface area (Å²) < 4.78 is 192. The number of hydrogen-bond acceptors (Lipinski definition) is 2. The molecule has 6 rings (SSSR count). The van der Waals surface area contributed by atoms with Crippen molar-refractivity contribution >= 4 is 23.5 Å².